The van der Waals surface area contributed by atoms with Crippen LogP contribution in [0.5, 0.6) is 0 Å². The van der Waals surface area contributed by atoms with Gasteiger partial charge in [-0.05, 0) is 30.2 Å². The number of carbonyl (C=O) groups is 2. The van der Waals surface area contributed by atoms with Crippen LogP contribution in [0.25, 0.3) is 0 Å². The summed E-state index contributed by atoms with van der Waals surface area (Å²) >= 11 is 6.03. The summed E-state index contributed by atoms with van der Waals surface area (Å²) in [6.45, 7) is -0.0454. The monoisotopic (exact) mass is 316 g/mol. The maximum Gasteiger partial charge on any atom is 0.243 e. The minimum atomic E-state index is -0.253. The normalized spacial score (nSPS) is 10.0. The molecule has 0 aliphatic rings. The molecule has 0 radical (unpaired) electrons. The molecule has 2 aromatic rings. The van der Waals surface area contributed by atoms with Gasteiger partial charge in [0.25, 0.3) is 0 Å². The standard InChI is InChI=1S/C17H17ClN2O2/c18-15-9-5-4-6-13(15)10-11-16(21)19-12-17(22)20-14-7-2-1-3-8-14/h1-9H,10-12H2,(H,19,21)(H,20,22). The van der Waals surface area contributed by atoms with Gasteiger partial charge in [-0.15, -0.1) is 0 Å². The molecule has 0 spiro atoms. The number of halogens is 1. The Balaban J connectivity index is 1.71. The topological polar surface area (TPSA) is 58.2 Å². The molecule has 0 heterocycles. The number of benzene rings is 2. The molecule has 0 saturated heterocycles. The van der Waals surface area contributed by atoms with Gasteiger partial charge in [-0.1, -0.05) is 48.0 Å². The molecule has 4 nitrogen and oxygen atoms in total. The maximum absolute atomic E-state index is 11.8. The van der Waals surface area contributed by atoms with E-state index in [2.05, 4.69) is 10.6 Å². The van der Waals surface area contributed by atoms with Crippen LogP contribution >= 0.6 is 11.6 Å². The molecule has 0 aliphatic carbocycles. The number of carbonyl (C=O) groups excluding carboxylic acids is 2. The van der Waals surface area contributed by atoms with Crippen LogP contribution in [-0.2, 0) is 16.0 Å². The molecule has 2 rings (SSSR count). The zero-order valence-corrected chi connectivity index (χ0v) is 12.8. The average Bonchev–Trinajstić information content (AvgIpc) is 2.53. The molecule has 0 fully saturated rings. The summed E-state index contributed by atoms with van der Waals surface area (Å²) in [6, 6.07) is 16.5. The predicted molar refractivity (Wildman–Crippen MR) is 87.9 cm³/mol. The van der Waals surface area contributed by atoms with Crippen LogP contribution in [0.4, 0.5) is 5.69 Å². The first-order valence-corrected chi connectivity index (χ1v) is 7.38. The Morgan fingerprint density at radius 1 is 0.909 bits per heavy atom. The molecule has 0 aromatic heterocycles. The second-order valence-corrected chi connectivity index (χ2v) is 5.19. The zero-order valence-electron chi connectivity index (χ0n) is 12.0. The van der Waals surface area contributed by atoms with Crippen molar-refractivity contribution in [2.75, 3.05) is 11.9 Å². The number of aryl methyl sites for hydroxylation is 1. The van der Waals surface area contributed by atoms with E-state index in [4.69, 9.17) is 11.6 Å². The van der Waals surface area contributed by atoms with Gasteiger partial charge >= 0.3 is 0 Å². The minimum absolute atomic E-state index is 0.0454. The van der Waals surface area contributed by atoms with E-state index >= 15 is 0 Å². The molecule has 114 valence electrons. The van der Waals surface area contributed by atoms with Gasteiger partial charge < -0.3 is 10.6 Å². The van der Waals surface area contributed by atoms with E-state index < -0.39 is 0 Å². The van der Waals surface area contributed by atoms with Crippen molar-refractivity contribution in [1.82, 2.24) is 5.32 Å². The summed E-state index contributed by atoms with van der Waals surface area (Å²) in [7, 11) is 0. The third-order valence-corrected chi connectivity index (χ3v) is 3.45. The average molecular weight is 317 g/mol. The highest BCUT2D eigenvalue weighted by atomic mass is 35.5. The lowest BCUT2D eigenvalue weighted by Gasteiger charge is -2.07. The minimum Gasteiger partial charge on any atom is -0.347 e. The summed E-state index contributed by atoms with van der Waals surface area (Å²) < 4.78 is 0. The van der Waals surface area contributed by atoms with Crippen LogP contribution in [-0.4, -0.2) is 18.4 Å². The Hall–Kier alpha value is -2.33. The molecule has 0 unspecified atom stereocenters. The summed E-state index contributed by atoms with van der Waals surface area (Å²) in [4.78, 5) is 23.4. The molecule has 0 bridgehead atoms. The second-order valence-electron chi connectivity index (χ2n) is 4.78. The highest BCUT2D eigenvalue weighted by molar-refractivity contribution is 6.31. The van der Waals surface area contributed by atoms with Gasteiger partial charge in [-0.2, -0.15) is 0 Å². The molecule has 0 atom stereocenters. The van der Waals surface area contributed by atoms with Crippen molar-refractivity contribution in [2.24, 2.45) is 0 Å². The summed E-state index contributed by atoms with van der Waals surface area (Å²) in [5, 5.41) is 5.95. The molecule has 0 aliphatic heterocycles. The Labute approximate surface area is 134 Å². The summed E-state index contributed by atoms with van der Waals surface area (Å²) in [6.07, 6.45) is 0.841. The summed E-state index contributed by atoms with van der Waals surface area (Å²) in [5.41, 5.74) is 1.63. The number of hydrogen-bond donors (Lipinski definition) is 2. The SMILES string of the molecule is O=C(CCc1ccccc1Cl)NCC(=O)Nc1ccccc1. The Morgan fingerprint density at radius 2 is 1.59 bits per heavy atom. The van der Waals surface area contributed by atoms with Crippen LogP contribution in [0.2, 0.25) is 5.02 Å². The third kappa shape index (κ3) is 5.22. The fraction of sp³-hybridized carbons (Fsp3) is 0.176. The molecule has 0 saturated carbocycles. The van der Waals surface area contributed by atoms with E-state index in [1.54, 1.807) is 18.2 Å². The van der Waals surface area contributed by atoms with Gasteiger partial charge in [0.2, 0.25) is 11.8 Å². The largest absolute Gasteiger partial charge is 0.347 e. The van der Waals surface area contributed by atoms with Crippen LogP contribution in [0.1, 0.15) is 12.0 Å². The van der Waals surface area contributed by atoms with Gasteiger partial charge in [0.15, 0.2) is 0 Å². The zero-order chi connectivity index (χ0) is 15.8. The van der Waals surface area contributed by atoms with Crippen LogP contribution in [0.15, 0.2) is 54.6 Å². The van der Waals surface area contributed by atoms with Gasteiger partial charge in [-0.3, -0.25) is 9.59 Å². The number of para-hydroxylation sites is 1. The van der Waals surface area contributed by atoms with Gasteiger partial charge in [-0.25, -0.2) is 0 Å². The van der Waals surface area contributed by atoms with Crippen LogP contribution in [0, 0.1) is 0 Å². The van der Waals surface area contributed by atoms with Crippen molar-refractivity contribution in [3.63, 3.8) is 0 Å². The first kappa shape index (κ1) is 16.0. The lowest BCUT2D eigenvalue weighted by Crippen LogP contribution is -2.32. The Bertz CT molecular complexity index is 644. The van der Waals surface area contributed by atoms with Crippen molar-refractivity contribution >= 4 is 29.1 Å². The molecule has 22 heavy (non-hydrogen) atoms. The smallest absolute Gasteiger partial charge is 0.243 e. The van der Waals surface area contributed by atoms with E-state index in [-0.39, 0.29) is 18.4 Å². The number of anilines is 1. The van der Waals surface area contributed by atoms with E-state index in [0.29, 0.717) is 23.6 Å². The van der Waals surface area contributed by atoms with Crippen LogP contribution in [0.3, 0.4) is 0 Å². The van der Waals surface area contributed by atoms with Crippen molar-refractivity contribution in [3.8, 4) is 0 Å². The fourth-order valence-electron chi connectivity index (χ4n) is 1.94. The van der Waals surface area contributed by atoms with Crippen molar-refractivity contribution < 1.29 is 9.59 Å². The fourth-order valence-corrected chi connectivity index (χ4v) is 2.17. The Morgan fingerprint density at radius 3 is 2.32 bits per heavy atom. The predicted octanol–water partition coefficient (Wildman–Crippen LogP) is 3.03. The first-order chi connectivity index (χ1) is 10.6. The van der Waals surface area contributed by atoms with Crippen LogP contribution < -0.4 is 10.6 Å². The van der Waals surface area contributed by atoms with E-state index in [0.717, 1.165) is 5.56 Å². The van der Waals surface area contributed by atoms with Crippen molar-refractivity contribution in [2.45, 2.75) is 12.8 Å². The number of amides is 2. The second kappa shape index (κ2) is 8.20. The molecule has 2 N–H and O–H groups in total. The number of rotatable bonds is 6. The number of hydrogen-bond acceptors (Lipinski definition) is 2. The molecular weight excluding hydrogens is 300 g/mol. The molecule has 2 aromatic carbocycles. The van der Waals surface area contributed by atoms with Gasteiger partial charge in [0.1, 0.15) is 0 Å². The molecule has 5 heteroatoms. The summed E-state index contributed by atoms with van der Waals surface area (Å²) in [5.74, 6) is -0.430. The molecular formula is C17H17ClN2O2. The number of nitrogens with one attached hydrogen (secondary N) is 2. The third-order valence-electron chi connectivity index (χ3n) is 3.08. The highest BCUT2D eigenvalue weighted by Gasteiger charge is 2.07. The maximum atomic E-state index is 11.8. The quantitative estimate of drug-likeness (QED) is 0.860. The Kier molecular flexibility index (Phi) is 5.98. The molecule has 2 amide bonds. The van der Waals surface area contributed by atoms with Gasteiger partial charge in [0, 0.05) is 17.1 Å². The first-order valence-electron chi connectivity index (χ1n) is 7.00. The lowest BCUT2D eigenvalue weighted by atomic mass is 10.1. The van der Waals surface area contributed by atoms with Crippen molar-refractivity contribution in [1.29, 1.82) is 0 Å². The highest BCUT2D eigenvalue weighted by Crippen LogP contribution is 2.16. The van der Waals surface area contributed by atoms with E-state index in [1.165, 1.54) is 0 Å². The van der Waals surface area contributed by atoms with Gasteiger partial charge in [0.05, 0.1) is 6.54 Å². The van der Waals surface area contributed by atoms with Crippen molar-refractivity contribution in [3.05, 3.63) is 65.2 Å². The van der Waals surface area contributed by atoms with E-state index in [1.807, 2.05) is 36.4 Å². The lowest BCUT2D eigenvalue weighted by molar-refractivity contribution is -0.124. The van der Waals surface area contributed by atoms with E-state index in [9.17, 15) is 9.59 Å².